The number of benzene rings is 1. The lowest BCUT2D eigenvalue weighted by Gasteiger charge is -2.33. The number of non-ortho nitro benzene ring substituents is 1. The van der Waals surface area contributed by atoms with Crippen molar-refractivity contribution in [3.63, 3.8) is 0 Å². The number of hydrogen-bond donors (Lipinski definition) is 1. The molecule has 142 valence electrons. The molecule has 26 heavy (non-hydrogen) atoms. The molecular weight excluding hydrogens is 334 g/mol. The summed E-state index contributed by atoms with van der Waals surface area (Å²) in [7, 11) is 3.45. The summed E-state index contributed by atoms with van der Waals surface area (Å²) < 4.78 is 0. The number of piperidine rings is 1. The molecule has 2 rings (SSSR count). The molecule has 1 saturated heterocycles. The molecule has 0 radical (unpaired) electrons. The molecule has 1 heterocycles. The van der Waals surface area contributed by atoms with Crippen LogP contribution in [-0.4, -0.2) is 60.3 Å². The van der Waals surface area contributed by atoms with Crippen molar-refractivity contribution in [1.82, 2.24) is 15.1 Å². The molecule has 1 amide bonds. The van der Waals surface area contributed by atoms with Gasteiger partial charge >= 0.3 is 0 Å². The van der Waals surface area contributed by atoms with Crippen molar-refractivity contribution in [2.75, 3.05) is 33.7 Å². The Kier molecular flexibility index (Phi) is 6.94. The molecule has 0 spiro atoms. The largest absolute Gasteiger partial charge is 0.347 e. The molecule has 1 atom stereocenters. The Morgan fingerprint density at radius 2 is 2.08 bits per heavy atom. The van der Waals surface area contributed by atoms with Gasteiger partial charge in [-0.15, -0.1) is 0 Å². The number of nitro groups is 1. The van der Waals surface area contributed by atoms with E-state index in [4.69, 9.17) is 0 Å². The number of hydrogen-bond acceptors (Lipinski definition) is 4. The predicted octanol–water partition coefficient (Wildman–Crippen LogP) is 1.86. The number of rotatable bonds is 5. The van der Waals surface area contributed by atoms with E-state index in [0.29, 0.717) is 18.4 Å². The van der Waals surface area contributed by atoms with E-state index in [2.05, 4.69) is 22.1 Å². The van der Waals surface area contributed by atoms with E-state index in [9.17, 15) is 14.9 Å². The maximum absolute atomic E-state index is 11.9. The predicted molar refractivity (Wildman–Crippen MR) is 101 cm³/mol. The van der Waals surface area contributed by atoms with Gasteiger partial charge in [-0.2, -0.15) is 0 Å². The standard InChI is InChI=1S/C18H27N5O3/c1-14-5-4-10-22(13-14)18(20-12-17(24)21(2)3)19-11-15-6-8-16(9-7-15)23(25)26/h6-9,14H,4-5,10-13H2,1-3H3,(H,19,20). The highest BCUT2D eigenvalue weighted by molar-refractivity contribution is 5.86. The van der Waals surface area contributed by atoms with E-state index in [1.807, 2.05) is 0 Å². The monoisotopic (exact) mass is 361 g/mol. The van der Waals surface area contributed by atoms with E-state index >= 15 is 0 Å². The lowest BCUT2D eigenvalue weighted by molar-refractivity contribution is -0.384. The molecule has 1 aliphatic heterocycles. The van der Waals surface area contributed by atoms with Crippen LogP contribution >= 0.6 is 0 Å². The van der Waals surface area contributed by atoms with E-state index in [1.54, 1.807) is 31.1 Å². The molecule has 0 bridgehead atoms. The minimum Gasteiger partial charge on any atom is -0.347 e. The van der Waals surface area contributed by atoms with Gasteiger partial charge in [-0.25, -0.2) is 4.99 Å². The maximum atomic E-state index is 11.9. The summed E-state index contributed by atoms with van der Waals surface area (Å²) in [6, 6.07) is 6.39. The molecule has 0 aromatic heterocycles. The quantitative estimate of drug-likeness (QED) is 0.374. The van der Waals surface area contributed by atoms with Crippen molar-refractivity contribution in [3.05, 3.63) is 39.9 Å². The second-order valence-electron chi connectivity index (χ2n) is 6.90. The zero-order valence-corrected chi connectivity index (χ0v) is 15.6. The number of likely N-dealkylation sites (N-methyl/N-ethyl adjacent to an activating group) is 1. The van der Waals surface area contributed by atoms with Gasteiger partial charge in [0.15, 0.2) is 5.96 Å². The third-order valence-corrected chi connectivity index (χ3v) is 4.41. The summed E-state index contributed by atoms with van der Waals surface area (Å²) in [5, 5.41) is 13.9. The van der Waals surface area contributed by atoms with Crippen LogP contribution in [0.25, 0.3) is 0 Å². The van der Waals surface area contributed by atoms with E-state index in [0.717, 1.165) is 25.1 Å². The second kappa shape index (κ2) is 9.17. The number of nitrogens with zero attached hydrogens (tertiary/aromatic N) is 4. The molecule has 8 nitrogen and oxygen atoms in total. The summed E-state index contributed by atoms with van der Waals surface area (Å²) >= 11 is 0. The molecule has 0 aliphatic carbocycles. The van der Waals surface area contributed by atoms with Gasteiger partial charge in [0.05, 0.1) is 18.0 Å². The van der Waals surface area contributed by atoms with Crippen LogP contribution in [0, 0.1) is 16.0 Å². The lowest BCUT2D eigenvalue weighted by atomic mass is 10.0. The highest BCUT2D eigenvalue weighted by Crippen LogP contribution is 2.16. The van der Waals surface area contributed by atoms with Crippen LogP contribution in [0.1, 0.15) is 25.3 Å². The number of nitro benzene ring substituents is 1. The molecule has 1 N–H and O–H groups in total. The third kappa shape index (κ3) is 5.72. The molecule has 1 aromatic rings. The van der Waals surface area contributed by atoms with Crippen molar-refractivity contribution < 1.29 is 9.72 Å². The summed E-state index contributed by atoms with van der Waals surface area (Å²) in [4.78, 5) is 30.6. The van der Waals surface area contributed by atoms with Crippen molar-refractivity contribution in [2.45, 2.75) is 26.3 Å². The maximum Gasteiger partial charge on any atom is 0.269 e. The van der Waals surface area contributed by atoms with E-state index in [1.165, 1.54) is 18.6 Å². The number of aliphatic imine (C=N–C) groups is 1. The zero-order chi connectivity index (χ0) is 19.1. The first-order chi connectivity index (χ1) is 12.4. The van der Waals surface area contributed by atoms with Gasteiger partial charge in [0, 0.05) is 39.3 Å². The fourth-order valence-corrected chi connectivity index (χ4v) is 2.85. The van der Waals surface area contributed by atoms with Crippen LogP contribution in [0.2, 0.25) is 0 Å². The summed E-state index contributed by atoms with van der Waals surface area (Å²) in [5.74, 6) is 1.28. The van der Waals surface area contributed by atoms with E-state index in [-0.39, 0.29) is 18.1 Å². The SMILES string of the molecule is CC1CCCN(C(=NCc2ccc([N+](=O)[O-])cc2)NCC(=O)N(C)C)C1. The molecule has 1 aliphatic rings. The van der Waals surface area contributed by atoms with Crippen LogP contribution < -0.4 is 5.32 Å². The topological polar surface area (TPSA) is 91.1 Å². The molecule has 1 fully saturated rings. The summed E-state index contributed by atoms with van der Waals surface area (Å²) in [6.45, 7) is 4.62. The van der Waals surface area contributed by atoms with Gasteiger partial charge in [-0.3, -0.25) is 14.9 Å². The van der Waals surface area contributed by atoms with Crippen molar-refractivity contribution in [1.29, 1.82) is 0 Å². The van der Waals surface area contributed by atoms with Crippen LogP contribution in [0.3, 0.4) is 0 Å². The Morgan fingerprint density at radius 3 is 2.65 bits per heavy atom. The average Bonchev–Trinajstić information content (AvgIpc) is 2.61. The Labute approximate surface area is 154 Å². The number of amides is 1. The van der Waals surface area contributed by atoms with Crippen molar-refractivity contribution in [3.8, 4) is 0 Å². The molecule has 1 unspecified atom stereocenters. The number of likely N-dealkylation sites (tertiary alicyclic amines) is 1. The number of guanidine groups is 1. The smallest absolute Gasteiger partial charge is 0.269 e. The Bertz CT molecular complexity index is 657. The molecule has 0 saturated carbocycles. The van der Waals surface area contributed by atoms with E-state index < -0.39 is 4.92 Å². The van der Waals surface area contributed by atoms with Crippen molar-refractivity contribution in [2.24, 2.45) is 10.9 Å². The van der Waals surface area contributed by atoms with Gasteiger partial charge in [-0.1, -0.05) is 19.1 Å². The van der Waals surface area contributed by atoms with Gasteiger partial charge < -0.3 is 15.1 Å². The molecule has 8 heteroatoms. The number of carbonyl (C=O) groups excluding carboxylic acids is 1. The average molecular weight is 361 g/mol. The number of nitrogens with one attached hydrogen (secondary N) is 1. The van der Waals surface area contributed by atoms with Gasteiger partial charge in [0.25, 0.3) is 5.69 Å². The van der Waals surface area contributed by atoms with Crippen LogP contribution in [0.15, 0.2) is 29.3 Å². The zero-order valence-electron chi connectivity index (χ0n) is 15.6. The summed E-state index contributed by atoms with van der Waals surface area (Å²) in [6.07, 6.45) is 2.30. The van der Waals surface area contributed by atoms with Crippen LogP contribution in [-0.2, 0) is 11.3 Å². The summed E-state index contributed by atoms with van der Waals surface area (Å²) in [5.41, 5.74) is 0.955. The molecular formula is C18H27N5O3. The Balaban J connectivity index is 2.09. The normalized spacial score (nSPS) is 17.7. The van der Waals surface area contributed by atoms with Crippen molar-refractivity contribution >= 4 is 17.6 Å². The fraction of sp³-hybridized carbons (Fsp3) is 0.556. The van der Waals surface area contributed by atoms with Gasteiger partial charge in [0.2, 0.25) is 5.91 Å². The highest BCUT2D eigenvalue weighted by Gasteiger charge is 2.20. The number of carbonyl (C=O) groups is 1. The molecule has 1 aromatic carbocycles. The van der Waals surface area contributed by atoms with Gasteiger partial charge in [0.1, 0.15) is 0 Å². The van der Waals surface area contributed by atoms with Crippen LogP contribution in [0.4, 0.5) is 5.69 Å². The minimum absolute atomic E-state index is 0.0157. The Hall–Kier alpha value is -2.64. The lowest BCUT2D eigenvalue weighted by Crippen LogP contribution is -2.48. The first-order valence-corrected chi connectivity index (χ1v) is 8.83. The minimum atomic E-state index is -0.415. The second-order valence-corrected chi connectivity index (χ2v) is 6.90. The highest BCUT2D eigenvalue weighted by atomic mass is 16.6. The first kappa shape index (κ1) is 19.7. The fourth-order valence-electron chi connectivity index (χ4n) is 2.85. The van der Waals surface area contributed by atoms with Crippen LogP contribution in [0.5, 0.6) is 0 Å². The Morgan fingerprint density at radius 1 is 1.38 bits per heavy atom. The third-order valence-electron chi connectivity index (χ3n) is 4.41. The van der Waals surface area contributed by atoms with Gasteiger partial charge in [-0.05, 0) is 24.3 Å². The first-order valence-electron chi connectivity index (χ1n) is 8.83.